The first-order valence-electron chi connectivity index (χ1n) is 9.76. The van der Waals surface area contributed by atoms with Crippen LogP contribution in [0.4, 0.5) is 5.69 Å². The Morgan fingerprint density at radius 3 is 2.56 bits per heavy atom. The number of benzene rings is 2. The van der Waals surface area contributed by atoms with E-state index in [0.717, 1.165) is 5.56 Å². The molecule has 1 N–H and O–H groups in total. The summed E-state index contributed by atoms with van der Waals surface area (Å²) in [6.45, 7) is 0. The number of amides is 1. The van der Waals surface area contributed by atoms with Gasteiger partial charge in [0.2, 0.25) is 23.5 Å². The van der Waals surface area contributed by atoms with Crippen LogP contribution in [0.2, 0.25) is 5.02 Å². The highest BCUT2D eigenvalue weighted by Gasteiger charge is 2.13. The van der Waals surface area contributed by atoms with Crippen LogP contribution in [0.3, 0.4) is 0 Å². The van der Waals surface area contributed by atoms with E-state index in [9.17, 15) is 4.79 Å². The topological polar surface area (TPSA) is 99.4 Å². The minimum atomic E-state index is -0.233. The lowest BCUT2D eigenvalue weighted by Gasteiger charge is -2.11. The molecule has 4 aromatic rings. The summed E-state index contributed by atoms with van der Waals surface area (Å²) in [5.74, 6) is 2.15. The second-order valence-corrected chi connectivity index (χ2v) is 7.14. The predicted molar refractivity (Wildman–Crippen MR) is 119 cm³/mol. The van der Waals surface area contributed by atoms with Gasteiger partial charge < -0.3 is 19.3 Å². The first-order chi connectivity index (χ1) is 15.6. The number of nitrogens with zero attached hydrogens (tertiary/aromatic N) is 3. The maximum absolute atomic E-state index is 12.5. The number of ether oxygens (including phenoxy) is 2. The standard InChI is InChI=1S/C23H19ClN4O4/c1-30-17-8-10-18(11-9-17)31-23-19(3-2-14-25-23)26-20(29)12-13-21-27-22(28-32-21)15-4-6-16(24)7-5-15/h2-11,14H,12-13H2,1H3,(H,26,29). The Labute approximate surface area is 189 Å². The molecule has 0 radical (unpaired) electrons. The van der Waals surface area contributed by atoms with E-state index in [-0.39, 0.29) is 18.2 Å². The predicted octanol–water partition coefficient (Wildman–Crippen LogP) is 5.16. The zero-order valence-corrected chi connectivity index (χ0v) is 17.9. The molecule has 0 unspecified atom stereocenters. The minimum Gasteiger partial charge on any atom is -0.497 e. The van der Waals surface area contributed by atoms with Gasteiger partial charge in [0, 0.05) is 29.6 Å². The highest BCUT2D eigenvalue weighted by molar-refractivity contribution is 6.30. The molecule has 0 aliphatic heterocycles. The quantitative estimate of drug-likeness (QED) is 0.396. The Morgan fingerprint density at radius 1 is 1.06 bits per heavy atom. The molecule has 8 nitrogen and oxygen atoms in total. The van der Waals surface area contributed by atoms with Gasteiger partial charge in [0.25, 0.3) is 0 Å². The molecule has 2 aromatic heterocycles. The van der Waals surface area contributed by atoms with Crippen LogP contribution in [0, 0.1) is 0 Å². The third-order valence-electron chi connectivity index (χ3n) is 4.46. The number of methoxy groups -OCH3 is 1. The van der Waals surface area contributed by atoms with Crippen molar-refractivity contribution in [1.29, 1.82) is 0 Å². The second kappa shape index (κ2) is 9.93. The van der Waals surface area contributed by atoms with Crippen molar-refractivity contribution in [3.05, 3.63) is 77.8 Å². The van der Waals surface area contributed by atoms with Gasteiger partial charge in [-0.2, -0.15) is 4.98 Å². The van der Waals surface area contributed by atoms with Crippen LogP contribution in [0.1, 0.15) is 12.3 Å². The summed E-state index contributed by atoms with van der Waals surface area (Å²) in [6.07, 6.45) is 2.03. The summed E-state index contributed by atoms with van der Waals surface area (Å²) in [5, 5.41) is 7.39. The van der Waals surface area contributed by atoms with E-state index >= 15 is 0 Å². The third kappa shape index (κ3) is 5.41. The zero-order valence-electron chi connectivity index (χ0n) is 17.1. The summed E-state index contributed by atoms with van der Waals surface area (Å²) in [4.78, 5) is 21.0. The summed E-state index contributed by atoms with van der Waals surface area (Å²) < 4.78 is 16.2. The normalized spacial score (nSPS) is 10.6. The van der Waals surface area contributed by atoms with Crippen molar-refractivity contribution >= 4 is 23.2 Å². The Kier molecular flexibility index (Phi) is 6.62. The monoisotopic (exact) mass is 450 g/mol. The van der Waals surface area contributed by atoms with Gasteiger partial charge in [0.1, 0.15) is 17.2 Å². The number of aromatic nitrogens is 3. The maximum Gasteiger partial charge on any atom is 0.243 e. The smallest absolute Gasteiger partial charge is 0.243 e. The number of rotatable bonds is 8. The minimum absolute atomic E-state index is 0.152. The van der Waals surface area contributed by atoms with Crippen LogP contribution < -0.4 is 14.8 Å². The lowest BCUT2D eigenvalue weighted by Crippen LogP contribution is -2.13. The molecule has 2 aromatic carbocycles. The molecule has 0 aliphatic rings. The van der Waals surface area contributed by atoms with E-state index in [2.05, 4.69) is 20.4 Å². The van der Waals surface area contributed by atoms with Gasteiger partial charge in [0.15, 0.2) is 0 Å². The van der Waals surface area contributed by atoms with Crippen molar-refractivity contribution in [2.75, 3.05) is 12.4 Å². The second-order valence-electron chi connectivity index (χ2n) is 6.70. The van der Waals surface area contributed by atoms with Gasteiger partial charge in [-0.05, 0) is 60.7 Å². The van der Waals surface area contributed by atoms with Gasteiger partial charge in [-0.25, -0.2) is 4.98 Å². The molecule has 0 saturated heterocycles. The van der Waals surface area contributed by atoms with E-state index in [4.69, 9.17) is 25.6 Å². The van der Waals surface area contributed by atoms with Crippen LogP contribution in [0.15, 0.2) is 71.4 Å². The molecule has 9 heteroatoms. The maximum atomic E-state index is 12.5. The number of aryl methyl sites for hydroxylation is 1. The van der Waals surface area contributed by atoms with Crippen molar-refractivity contribution in [2.45, 2.75) is 12.8 Å². The van der Waals surface area contributed by atoms with E-state index in [0.29, 0.717) is 40.3 Å². The number of halogens is 1. The Balaban J connectivity index is 1.36. The Bertz CT molecular complexity index is 1190. The van der Waals surface area contributed by atoms with Gasteiger partial charge in [-0.15, -0.1) is 0 Å². The molecule has 1 amide bonds. The number of nitrogens with one attached hydrogen (secondary N) is 1. The lowest BCUT2D eigenvalue weighted by atomic mass is 10.2. The fourth-order valence-electron chi connectivity index (χ4n) is 2.83. The summed E-state index contributed by atoms with van der Waals surface area (Å²) in [7, 11) is 1.59. The van der Waals surface area contributed by atoms with E-state index < -0.39 is 0 Å². The average Bonchev–Trinajstić information content (AvgIpc) is 3.29. The molecule has 4 rings (SSSR count). The summed E-state index contributed by atoms with van der Waals surface area (Å²) in [5.41, 5.74) is 1.24. The molecular formula is C23H19ClN4O4. The molecular weight excluding hydrogens is 432 g/mol. The number of pyridine rings is 1. The molecule has 0 aliphatic carbocycles. The van der Waals surface area contributed by atoms with Crippen LogP contribution in [0.25, 0.3) is 11.4 Å². The van der Waals surface area contributed by atoms with Crippen LogP contribution in [-0.4, -0.2) is 28.1 Å². The Hall–Kier alpha value is -3.91. The van der Waals surface area contributed by atoms with Gasteiger partial charge in [0.05, 0.1) is 7.11 Å². The number of carbonyl (C=O) groups excluding carboxylic acids is 1. The summed E-state index contributed by atoms with van der Waals surface area (Å²) >= 11 is 5.90. The highest BCUT2D eigenvalue weighted by atomic mass is 35.5. The van der Waals surface area contributed by atoms with Crippen LogP contribution in [-0.2, 0) is 11.2 Å². The molecule has 2 heterocycles. The largest absolute Gasteiger partial charge is 0.497 e. The van der Waals surface area contributed by atoms with E-state index in [1.807, 2.05) is 0 Å². The van der Waals surface area contributed by atoms with Gasteiger partial charge >= 0.3 is 0 Å². The molecule has 32 heavy (non-hydrogen) atoms. The van der Waals surface area contributed by atoms with Gasteiger partial charge in [-0.3, -0.25) is 4.79 Å². The zero-order chi connectivity index (χ0) is 22.3. The van der Waals surface area contributed by atoms with Crippen LogP contribution >= 0.6 is 11.6 Å². The third-order valence-corrected chi connectivity index (χ3v) is 4.71. The van der Waals surface area contributed by atoms with Crippen molar-refractivity contribution in [3.8, 4) is 28.8 Å². The molecule has 0 atom stereocenters. The summed E-state index contributed by atoms with van der Waals surface area (Å²) in [6, 6.07) is 17.6. The highest BCUT2D eigenvalue weighted by Crippen LogP contribution is 2.28. The molecule has 0 spiro atoms. The van der Waals surface area contributed by atoms with E-state index in [1.165, 1.54) is 0 Å². The average molecular weight is 451 g/mol. The first kappa shape index (κ1) is 21.3. The van der Waals surface area contributed by atoms with Gasteiger partial charge in [-0.1, -0.05) is 16.8 Å². The van der Waals surface area contributed by atoms with Crippen molar-refractivity contribution in [3.63, 3.8) is 0 Å². The Morgan fingerprint density at radius 2 is 1.81 bits per heavy atom. The fraction of sp³-hybridized carbons (Fsp3) is 0.130. The van der Waals surface area contributed by atoms with Crippen molar-refractivity contribution in [1.82, 2.24) is 15.1 Å². The van der Waals surface area contributed by atoms with Crippen LogP contribution in [0.5, 0.6) is 17.4 Å². The number of carbonyl (C=O) groups is 1. The first-order valence-corrected chi connectivity index (χ1v) is 10.1. The number of hydrogen-bond donors (Lipinski definition) is 1. The lowest BCUT2D eigenvalue weighted by molar-refractivity contribution is -0.116. The van der Waals surface area contributed by atoms with E-state index in [1.54, 1.807) is 74.0 Å². The van der Waals surface area contributed by atoms with Crippen molar-refractivity contribution in [2.24, 2.45) is 0 Å². The molecule has 0 fully saturated rings. The number of hydrogen-bond acceptors (Lipinski definition) is 7. The molecule has 162 valence electrons. The SMILES string of the molecule is COc1ccc(Oc2ncccc2NC(=O)CCc2nc(-c3ccc(Cl)cc3)no2)cc1. The number of anilines is 1. The fourth-order valence-corrected chi connectivity index (χ4v) is 2.95. The van der Waals surface area contributed by atoms with Crippen molar-refractivity contribution < 1.29 is 18.8 Å². The molecule has 0 bridgehead atoms. The molecule has 0 saturated carbocycles.